The predicted molar refractivity (Wildman–Crippen MR) is 210 cm³/mol. The average Bonchev–Trinajstić information content (AvgIpc) is 3.38. The van der Waals surface area contributed by atoms with E-state index in [0.717, 1.165) is 0 Å². The van der Waals surface area contributed by atoms with E-state index in [-0.39, 0.29) is 5.41 Å². The Morgan fingerprint density at radius 3 is 1.84 bits per heavy atom. The maximum absolute atomic E-state index is 2.58. The highest BCUT2D eigenvalue weighted by molar-refractivity contribution is 6.17. The summed E-state index contributed by atoms with van der Waals surface area (Å²) in [6, 6.07) is 56.4. The van der Waals surface area contributed by atoms with Gasteiger partial charge in [0.1, 0.15) is 0 Å². The summed E-state index contributed by atoms with van der Waals surface area (Å²) in [5, 5.41) is 10.4. The van der Waals surface area contributed by atoms with Crippen molar-refractivity contribution in [3.05, 3.63) is 187 Å². The summed E-state index contributed by atoms with van der Waals surface area (Å²) in [7, 11) is 0. The summed E-state index contributed by atoms with van der Waals surface area (Å²) in [4.78, 5) is 0. The number of hydrogen-bond donors (Lipinski definition) is 0. The number of allylic oxidation sites excluding steroid dienone is 4. The van der Waals surface area contributed by atoms with Crippen LogP contribution >= 0.6 is 0 Å². The van der Waals surface area contributed by atoms with Gasteiger partial charge in [0.05, 0.1) is 0 Å². The van der Waals surface area contributed by atoms with Gasteiger partial charge < -0.3 is 0 Å². The van der Waals surface area contributed by atoms with Crippen LogP contribution < -0.4 is 0 Å². The molecule has 0 amide bonds. The van der Waals surface area contributed by atoms with Gasteiger partial charge in [0, 0.05) is 5.92 Å². The predicted octanol–water partition coefficient (Wildman–Crippen LogP) is 13.3. The molecule has 10 rings (SSSR count). The van der Waals surface area contributed by atoms with Gasteiger partial charge in [-0.2, -0.15) is 0 Å². The van der Waals surface area contributed by atoms with E-state index in [1.54, 1.807) is 0 Å². The molecule has 8 aromatic carbocycles. The van der Waals surface area contributed by atoms with Crippen molar-refractivity contribution in [2.24, 2.45) is 5.92 Å². The third-order valence-electron chi connectivity index (χ3n) is 11.5. The minimum atomic E-state index is 0.00260. The first-order valence-corrected chi connectivity index (χ1v) is 17.5. The van der Waals surface area contributed by atoms with Crippen LogP contribution in [0.4, 0.5) is 0 Å². The number of rotatable bonds is 3. The Labute approximate surface area is 287 Å². The van der Waals surface area contributed by atoms with Crippen LogP contribution in [0.15, 0.2) is 170 Å². The van der Waals surface area contributed by atoms with E-state index in [4.69, 9.17) is 0 Å². The molecule has 0 nitrogen and oxygen atoms in total. The maximum Gasteiger partial charge on any atom is 0.00957 e. The average molecular weight is 625 g/mol. The van der Waals surface area contributed by atoms with E-state index in [1.165, 1.54) is 87.6 Å². The van der Waals surface area contributed by atoms with E-state index in [0.29, 0.717) is 11.8 Å². The minimum absolute atomic E-state index is 0.00260. The molecule has 232 valence electrons. The second-order valence-electron chi connectivity index (χ2n) is 14.5. The van der Waals surface area contributed by atoms with E-state index < -0.39 is 0 Å². The first kappa shape index (κ1) is 28.3. The fraction of sp³-hybridized carbons (Fsp3) is 0.102. The molecule has 2 unspecified atom stereocenters. The fourth-order valence-electron chi connectivity index (χ4n) is 9.01. The second kappa shape index (κ2) is 10.6. The molecule has 0 spiro atoms. The van der Waals surface area contributed by atoms with Crippen LogP contribution in [0.25, 0.3) is 70.9 Å². The molecular formula is C49H36. The first-order chi connectivity index (χ1) is 24.0. The molecule has 0 aromatic heterocycles. The molecular weight excluding hydrogens is 589 g/mol. The van der Waals surface area contributed by atoms with Crippen LogP contribution in [-0.4, -0.2) is 0 Å². The largest absolute Gasteiger partial charge is 0.0758 e. The van der Waals surface area contributed by atoms with Gasteiger partial charge in [-0.15, -0.1) is 0 Å². The normalized spacial score (nSPS) is 17.8. The van der Waals surface area contributed by atoms with E-state index in [1.807, 2.05) is 0 Å². The van der Waals surface area contributed by atoms with Crippen molar-refractivity contribution in [2.45, 2.75) is 25.2 Å². The number of benzene rings is 8. The maximum atomic E-state index is 2.58. The molecule has 0 saturated carbocycles. The monoisotopic (exact) mass is 624 g/mol. The van der Waals surface area contributed by atoms with Gasteiger partial charge >= 0.3 is 0 Å². The highest BCUT2D eigenvalue weighted by Gasteiger charge is 2.45. The number of hydrogen-bond acceptors (Lipinski definition) is 0. The molecule has 0 heterocycles. The molecule has 8 aromatic rings. The molecule has 2 aliphatic rings. The van der Waals surface area contributed by atoms with Gasteiger partial charge in [0.15, 0.2) is 0 Å². The Morgan fingerprint density at radius 1 is 0.449 bits per heavy atom. The molecule has 0 aliphatic heterocycles. The van der Waals surface area contributed by atoms with Crippen LogP contribution in [0.1, 0.15) is 36.5 Å². The van der Waals surface area contributed by atoms with Gasteiger partial charge in [-0.25, -0.2) is 0 Å². The molecule has 0 N–H and O–H groups in total. The van der Waals surface area contributed by atoms with Crippen LogP contribution in [0.5, 0.6) is 0 Å². The standard InChI is InChI=1S/C49H36/c1-49(2)47-29-34(33-20-19-31-11-3-4-12-32(31)27-33)21-23-44(47)45-24-22-36(30-48(45)49)38-25-26-43(41-17-9-7-16-40(38)41)46-28-35-13-5-6-14-37(35)39-15-8-10-18-42(39)46/h3-30,45,48H,1-2H3. The zero-order chi connectivity index (χ0) is 32.7. The topological polar surface area (TPSA) is 0 Å². The molecule has 0 bridgehead atoms. The van der Waals surface area contributed by atoms with Gasteiger partial charge in [0.25, 0.3) is 0 Å². The quantitative estimate of drug-likeness (QED) is 0.172. The zero-order valence-corrected chi connectivity index (χ0v) is 27.8. The number of fused-ring (bicyclic) bond motifs is 8. The summed E-state index contributed by atoms with van der Waals surface area (Å²) < 4.78 is 0. The lowest BCUT2D eigenvalue weighted by Crippen LogP contribution is -2.25. The first-order valence-electron chi connectivity index (χ1n) is 17.5. The molecule has 0 heteroatoms. The summed E-state index contributed by atoms with van der Waals surface area (Å²) in [5.74, 6) is 0.770. The van der Waals surface area contributed by atoms with Crippen LogP contribution in [0, 0.1) is 5.92 Å². The molecule has 0 saturated heterocycles. The second-order valence-corrected chi connectivity index (χ2v) is 14.5. The van der Waals surface area contributed by atoms with E-state index in [2.05, 4.69) is 184 Å². The van der Waals surface area contributed by atoms with Crippen LogP contribution in [-0.2, 0) is 5.41 Å². The lowest BCUT2D eigenvalue weighted by atomic mass is 9.72. The van der Waals surface area contributed by atoms with Crippen molar-refractivity contribution in [3.8, 4) is 22.3 Å². The van der Waals surface area contributed by atoms with Crippen molar-refractivity contribution in [3.63, 3.8) is 0 Å². The van der Waals surface area contributed by atoms with Gasteiger partial charge in [-0.1, -0.05) is 172 Å². The SMILES string of the molecule is CC1(C)c2cc(-c3ccc4ccccc4c3)ccc2C2C=CC(c3ccc(-c4cc5ccccc5c5ccccc45)c4ccccc34)=CC21. The Morgan fingerprint density at radius 2 is 1.04 bits per heavy atom. The smallest absolute Gasteiger partial charge is 0.00957 e. The summed E-state index contributed by atoms with van der Waals surface area (Å²) in [6.07, 6.45) is 7.44. The van der Waals surface area contributed by atoms with Gasteiger partial charge in [-0.05, 0) is 111 Å². The van der Waals surface area contributed by atoms with Gasteiger partial charge in [-0.3, -0.25) is 0 Å². The van der Waals surface area contributed by atoms with Crippen LogP contribution in [0.3, 0.4) is 0 Å². The fourth-order valence-corrected chi connectivity index (χ4v) is 9.01. The summed E-state index contributed by atoms with van der Waals surface area (Å²) >= 11 is 0. The van der Waals surface area contributed by atoms with E-state index >= 15 is 0 Å². The molecule has 2 aliphatic carbocycles. The van der Waals surface area contributed by atoms with Crippen molar-refractivity contribution in [1.82, 2.24) is 0 Å². The highest BCUT2D eigenvalue weighted by atomic mass is 14.5. The summed E-state index contributed by atoms with van der Waals surface area (Å²) in [5.41, 5.74) is 10.7. The van der Waals surface area contributed by atoms with Crippen molar-refractivity contribution < 1.29 is 0 Å². The third-order valence-corrected chi connectivity index (χ3v) is 11.5. The lowest BCUT2D eigenvalue weighted by Gasteiger charge is -2.31. The van der Waals surface area contributed by atoms with E-state index in [9.17, 15) is 0 Å². The van der Waals surface area contributed by atoms with Crippen molar-refractivity contribution in [1.29, 1.82) is 0 Å². The molecule has 0 radical (unpaired) electrons. The Hall–Kier alpha value is -5.72. The van der Waals surface area contributed by atoms with Gasteiger partial charge in [0.2, 0.25) is 0 Å². The Kier molecular flexibility index (Phi) is 6.15. The van der Waals surface area contributed by atoms with Crippen molar-refractivity contribution >= 4 is 48.7 Å². The summed E-state index contributed by atoms with van der Waals surface area (Å²) in [6.45, 7) is 4.89. The molecule has 2 atom stereocenters. The highest BCUT2D eigenvalue weighted by Crippen LogP contribution is 2.55. The Bertz CT molecular complexity index is 2700. The molecule has 0 fully saturated rings. The van der Waals surface area contributed by atoms with Crippen LogP contribution in [0.2, 0.25) is 0 Å². The minimum Gasteiger partial charge on any atom is -0.0758 e. The zero-order valence-electron chi connectivity index (χ0n) is 27.8. The Balaban J connectivity index is 1.07. The van der Waals surface area contributed by atoms with Crippen molar-refractivity contribution in [2.75, 3.05) is 0 Å². The molecule has 49 heavy (non-hydrogen) atoms. The third kappa shape index (κ3) is 4.30. The lowest BCUT2D eigenvalue weighted by molar-refractivity contribution is 0.395.